The lowest BCUT2D eigenvalue weighted by molar-refractivity contribution is -0.135. The molecule has 0 rings (SSSR count). The van der Waals surface area contributed by atoms with Crippen LogP contribution in [-0.2, 0) is 14.4 Å². The molecular weight excluding hydrogens is 202 g/mol. The van der Waals surface area contributed by atoms with Gasteiger partial charge >= 0.3 is 5.91 Å². The van der Waals surface area contributed by atoms with Crippen LogP contribution in [0.4, 0.5) is 0 Å². The van der Waals surface area contributed by atoms with E-state index < -0.39 is 16.5 Å². The van der Waals surface area contributed by atoms with Crippen LogP contribution in [-0.4, -0.2) is 22.6 Å². The molecule has 0 fully saturated rings. The van der Waals surface area contributed by atoms with Crippen molar-refractivity contribution in [3.05, 3.63) is 0 Å². The summed E-state index contributed by atoms with van der Waals surface area (Å²) in [6.45, 7) is 1.47. The van der Waals surface area contributed by atoms with Gasteiger partial charge in [0.1, 0.15) is 0 Å². The van der Waals surface area contributed by atoms with Gasteiger partial charge in [0, 0.05) is 0 Å². The molecule has 0 aliphatic rings. The van der Waals surface area contributed by atoms with Crippen molar-refractivity contribution >= 4 is 33.7 Å². The van der Waals surface area contributed by atoms with E-state index >= 15 is 0 Å². The molecule has 0 aromatic rings. The minimum absolute atomic E-state index is 0.600. The van der Waals surface area contributed by atoms with E-state index in [0.29, 0.717) is 0 Å². The van der Waals surface area contributed by atoms with Gasteiger partial charge < -0.3 is 0 Å². The highest BCUT2D eigenvalue weighted by Gasteiger charge is 2.17. The van der Waals surface area contributed by atoms with Crippen LogP contribution in [0, 0.1) is 0 Å². The van der Waals surface area contributed by atoms with E-state index in [9.17, 15) is 14.4 Å². The van der Waals surface area contributed by atoms with Crippen molar-refractivity contribution in [2.45, 2.75) is 11.8 Å². The van der Waals surface area contributed by atoms with E-state index in [1.165, 1.54) is 6.92 Å². The Morgan fingerprint density at radius 3 is 2.40 bits per heavy atom. The number of rotatable bonds is 2. The van der Waals surface area contributed by atoms with Crippen LogP contribution in [0.1, 0.15) is 6.92 Å². The second-order valence-electron chi connectivity index (χ2n) is 1.49. The summed E-state index contributed by atoms with van der Waals surface area (Å²) in [5.41, 5.74) is 0. The summed E-state index contributed by atoms with van der Waals surface area (Å²) in [6, 6.07) is 0. The largest absolute Gasteiger partial charge is 0.324 e. The monoisotopic (exact) mass is 205 g/mol. The molecule has 0 aromatic carbocycles. The van der Waals surface area contributed by atoms with Gasteiger partial charge in [-0.25, -0.2) is 4.79 Å². The molecule has 4 nitrogen and oxygen atoms in total. The summed E-state index contributed by atoms with van der Waals surface area (Å²) in [7, 11) is 0. The Morgan fingerprint density at radius 2 is 2.10 bits per heavy atom. The fourth-order valence-corrected chi connectivity index (χ4v) is 0.463. The van der Waals surface area contributed by atoms with E-state index in [1.54, 1.807) is 0 Å². The molecule has 5 heteroatoms. The van der Waals surface area contributed by atoms with Crippen LogP contribution >= 0.6 is 15.9 Å². The van der Waals surface area contributed by atoms with Gasteiger partial charge in [0.2, 0.25) is 11.9 Å². The van der Waals surface area contributed by atoms with Crippen molar-refractivity contribution in [1.82, 2.24) is 0 Å². The zero-order valence-corrected chi connectivity index (χ0v) is 6.71. The zero-order chi connectivity index (χ0) is 8.15. The van der Waals surface area contributed by atoms with Crippen LogP contribution in [0.2, 0.25) is 0 Å². The molecule has 0 radical (unpaired) electrons. The summed E-state index contributed by atoms with van der Waals surface area (Å²) in [5.74, 6) is -1.82. The first-order chi connectivity index (χ1) is 4.59. The van der Waals surface area contributed by atoms with Gasteiger partial charge in [-0.05, 0) is 6.92 Å². The number of isocyanates is 1. The van der Waals surface area contributed by atoms with Crippen LogP contribution < -0.4 is 0 Å². The summed E-state index contributed by atoms with van der Waals surface area (Å²) in [6.07, 6.45) is 0.987. The van der Waals surface area contributed by atoms with Crippen molar-refractivity contribution in [3.63, 3.8) is 0 Å². The molecule has 0 spiro atoms. The lowest BCUT2D eigenvalue weighted by Crippen LogP contribution is -2.19. The van der Waals surface area contributed by atoms with E-state index in [4.69, 9.17) is 0 Å². The molecule has 1 amide bonds. The standard InChI is InChI=1S/C5H4BrNO3/c1-3(6)4(9)5(10)7-2-8/h3H,1H3. The molecule has 54 valence electrons. The normalized spacial score (nSPS) is 11.4. The quantitative estimate of drug-likeness (QED) is 0.280. The van der Waals surface area contributed by atoms with Gasteiger partial charge in [0.25, 0.3) is 0 Å². The topological polar surface area (TPSA) is 63.6 Å². The third kappa shape index (κ3) is 2.66. The predicted molar refractivity (Wildman–Crippen MR) is 36.5 cm³/mol. The summed E-state index contributed by atoms with van der Waals surface area (Å²) < 4.78 is 0. The molecule has 0 bridgehead atoms. The van der Waals surface area contributed by atoms with Gasteiger partial charge in [-0.1, -0.05) is 15.9 Å². The van der Waals surface area contributed by atoms with Crippen molar-refractivity contribution in [3.8, 4) is 0 Å². The van der Waals surface area contributed by atoms with Crippen molar-refractivity contribution in [2.75, 3.05) is 0 Å². The molecule has 1 unspecified atom stereocenters. The third-order valence-corrected chi connectivity index (χ3v) is 1.14. The molecule has 1 atom stereocenters. The number of nitrogens with zero attached hydrogens (tertiary/aromatic N) is 1. The van der Waals surface area contributed by atoms with E-state index in [0.717, 1.165) is 6.08 Å². The number of hydrogen-bond donors (Lipinski definition) is 0. The highest BCUT2D eigenvalue weighted by atomic mass is 79.9. The maximum Gasteiger partial charge on any atom is 0.324 e. The number of carbonyl (C=O) groups is 2. The number of carbonyl (C=O) groups excluding carboxylic acids is 3. The average Bonchev–Trinajstić information content (AvgIpc) is 1.87. The lowest BCUT2D eigenvalue weighted by Gasteiger charge is -1.92. The van der Waals surface area contributed by atoms with Crippen LogP contribution in [0.5, 0.6) is 0 Å². The van der Waals surface area contributed by atoms with E-state index in [-0.39, 0.29) is 0 Å². The Labute approximate surface area is 65.4 Å². The van der Waals surface area contributed by atoms with Gasteiger partial charge in [-0.2, -0.15) is 0 Å². The first kappa shape index (κ1) is 9.20. The predicted octanol–water partition coefficient (Wildman–Crippen LogP) is 0.201. The summed E-state index contributed by atoms with van der Waals surface area (Å²) >= 11 is 2.85. The molecule has 0 saturated heterocycles. The van der Waals surface area contributed by atoms with E-state index in [1.807, 2.05) is 0 Å². The van der Waals surface area contributed by atoms with Crippen LogP contribution in [0.25, 0.3) is 0 Å². The summed E-state index contributed by atoms with van der Waals surface area (Å²) in [4.78, 5) is 32.4. The molecule has 0 heterocycles. The Kier molecular flexibility index (Phi) is 3.76. The highest BCUT2D eigenvalue weighted by molar-refractivity contribution is 9.10. The van der Waals surface area contributed by atoms with Gasteiger partial charge in [0.05, 0.1) is 4.83 Å². The smallest absolute Gasteiger partial charge is 0.287 e. The van der Waals surface area contributed by atoms with Crippen molar-refractivity contribution < 1.29 is 14.4 Å². The Morgan fingerprint density at radius 1 is 1.60 bits per heavy atom. The number of halogens is 1. The molecule has 0 aromatic heterocycles. The number of hydrogen-bond acceptors (Lipinski definition) is 3. The number of Topliss-reactive ketones (excluding diaryl/α,β-unsaturated/α-hetero) is 1. The lowest BCUT2D eigenvalue weighted by atomic mass is 10.3. The fraction of sp³-hybridized carbons (Fsp3) is 0.400. The first-order valence-corrected chi connectivity index (χ1v) is 3.31. The number of amides is 1. The molecule has 0 aliphatic heterocycles. The average molecular weight is 206 g/mol. The highest BCUT2D eigenvalue weighted by Crippen LogP contribution is 1.99. The molecule has 10 heavy (non-hydrogen) atoms. The van der Waals surface area contributed by atoms with Gasteiger partial charge in [-0.15, -0.1) is 4.99 Å². The molecule has 0 N–H and O–H groups in total. The Balaban J connectivity index is 4.23. The zero-order valence-electron chi connectivity index (χ0n) is 5.13. The SMILES string of the molecule is CC(Br)C(=O)C(=O)N=C=O. The number of aliphatic imine (C=N–C) groups is 1. The Bertz CT molecular complexity index is 205. The maximum atomic E-state index is 10.6. The minimum Gasteiger partial charge on any atom is -0.287 e. The van der Waals surface area contributed by atoms with Gasteiger partial charge in [-0.3, -0.25) is 9.59 Å². The third-order valence-electron chi connectivity index (χ3n) is 0.719. The summed E-state index contributed by atoms with van der Waals surface area (Å²) in [5, 5.41) is 0. The molecule has 0 aliphatic carbocycles. The van der Waals surface area contributed by atoms with Crippen LogP contribution in [0.3, 0.4) is 0 Å². The molecular formula is C5H4BrNO3. The van der Waals surface area contributed by atoms with Crippen LogP contribution in [0.15, 0.2) is 4.99 Å². The van der Waals surface area contributed by atoms with Crippen molar-refractivity contribution in [2.24, 2.45) is 4.99 Å². The second-order valence-corrected chi connectivity index (χ2v) is 2.86. The van der Waals surface area contributed by atoms with Gasteiger partial charge in [0.15, 0.2) is 0 Å². The number of ketones is 1. The second kappa shape index (κ2) is 4.09. The maximum absolute atomic E-state index is 10.6. The Hall–Kier alpha value is -0.800. The first-order valence-electron chi connectivity index (χ1n) is 2.39. The van der Waals surface area contributed by atoms with Crippen molar-refractivity contribution in [1.29, 1.82) is 0 Å². The molecule has 0 saturated carbocycles. The minimum atomic E-state index is -1.07. The fourth-order valence-electron chi connectivity index (χ4n) is 0.267. The number of alkyl halides is 1. The van der Waals surface area contributed by atoms with E-state index in [2.05, 4.69) is 20.9 Å².